The highest BCUT2D eigenvalue weighted by atomic mass is 16.5. The molecule has 3 rings (SSSR count). The third-order valence-electron chi connectivity index (χ3n) is 4.72. The monoisotopic (exact) mass is 425 g/mol. The van der Waals surface area contributed by atoms with Crippen LogP contribution >= 0.6 is 0 Å². The predicted octanol–water partition coefficient (Wildman–Crippen LogP) is 3.55. The third kappa shape index (κ3) is 6.60. The van der Waals surface area contributed by atoms with E-state index in [9.17, 15) is 9.90 Å². The van der Waals surface area contributed by atoms with Crippen molar-refractivity contribution in [3.63, 3.8) is 0 Å². The predicted molar refractivity (Wildman–Crippen MR) is 116 cm³/mol. The van der Waals surface area contributed by atoms with Gasteiger partial charge in [0.05, 0.1) is 27.0 Å². The highest BCUT2D eigenvalue weighted by Crippen LogP contribution is 2.28. The lowest BCUT2D eigenvalue weighted by Crippen LogP contribution is -2.35. The summed E-state index contributed by atoms with van der Waals surface area (Å²) >= 11 is 0. The van der Waals surface area contributed by atoms with Crippen LogP contribution in [0.5, 0.6) is 17.2 Å². The fourth-order valence-electron chi connectivity index (χ4n) is 3.27. The van der Waals surface area contributed by atoms with Crippen LogP contribution in [-0.2, 0) is 13.1 Å². The average Bonchev–Trinajstić information content (AvgIpc) is 3.30. The smallest absolute Gasteiger partial charge is 0.161 e. The number of hydrogen-bond donors (Lipinski definition) is 1. The van der Waals surface area contributed by atoms with Crippen molar-refractivity contribution in [2.24, 2.45) is 0 Å². The second kappa shape index (κ2) is 11.2. The molecule has 7 nitrogen and oxygen atoms in total. The molecule has 3 aromatic rings. The van der Waals surface area contributed by atoms with E-state index in [-0.39, 0.29) is 6.61 Å². The summed E-state index contributed by atoms with van der Waals surface area (Å²) in [6.45, 7) is 1.56. The quantitative estimate of drug-likeness (QED) is 0.445. The molecule has 31 heavy (non-hydrogen) atoms. The Hall–Kier alpha value is -3.29. The van der Waals surface area contributed by atoms with Gasteiger partial charge in [0.1, 0.15) is 30.5 Å². The molecule has 7 heteroatoms. The zero-order chi connectivity index (χ0) is 22.1. The topological polar surface area (TPSA) is 81.4 Å². The minimum Gasteiger partial charge on any atom is -0.493 e. The first-order valence-electron chi connectivity index (χ1n) is 9.93. The van der Waals surface area contributed by atoms with Crippen molar-refractivity contribution in [2.75, 3.05) is 27.4 Å². The number of hydrogen-bond acceptors (Lipinski definition) is 7. The SMILES string of the molecule is COc1ccc(CN(Cc2ccco2)CC(O)COc2cccc(C=O)c2)cc1OC. The van der Waals surface area contributed by atoms with E-state index in [1.807, 2.05) is 30.3 Å². The molecule has 0 saturated carbocycles. The van der Waals surface area contributed by atoms with Gasteiger partial charge in [-0.05, 0) is 42.0 Å². The standard InChI is InChI=1S/C24H27NO6/c1-28-23-9-8-18(12-24(23)29-2)13-25(15-22-7-4-10-30-22)14-20(27)17-31-21-6-3-5-19(11-21)16-26/h3-12,16,20,27H,13-15,17H2,1-2H3. The molecule has 0 spiro atoms. The van der Waals surface area contributed by atoms with Crippen molar-refractivity contribution in [3.05, 3.63) is 77.7 Å². The third-order valence-corrected chi connectivity index (χ3v) is 4.72. The Morgan fingerprint density at radius 1 is 1.03 bits per heavy atom. The number of furan rings is 1. The molecule has 0 aliphatic carbocycles. The number of ether oxygens (including phenoxy) is 3. The Bertz CT molecular complexity index is 956. The minimum absolute atomic E-state index is 0.100. The summed E-state index contributed by atoms with van der Waals surface area (Å²) in [4.78, 5) is 13.0. The highest BCUT2D eigenvalue weighted by molar-refractivity contribution is 5.75. The Balaban J connectivity index is 1.66. The second-order valence-corrected chi connectivity index (χ2v) is 7.09. The van der Waals surface area contributed by atoms with E-state index in [1.165, 1.54) is 0 Å². The van der Waals surface area contributed by atoms with E-state index in [0.29, 0.717) is 42.4 Å². The number of methoxy groups -OCH3 is 2. The molecule has 0 saturated heterocycles. The van der Waals surface area contributed by atoms with Crippen molar-refractivity contribution in [1.82, 2.24) is 4.90 Å². The van der Waals surface area contributed by atoms with Crippen LogP contribution in [0.1, 0.15) is 21.7 Å². The van der Waals surface area contributed by atoms with Gasteiger partial charge in [-0.1, -0.05) is 18.2 Å². The maximum absolute atomic E-state index is 10.9. The molecule has 0 amide bonds. The Kier molecular flexibility index (Phi) is 8.09. The molecule has 2 aromatic carbocycles. The summed E-state index contributed by atoms with van der Waals surface area (Å²) in [5.74, 6) is 2.65. The van der Waals surface area contributed by atoms with Gasteiger partial charge in [-0.2, -0.15) is 0 Å². The van der Waals surface area contributed by atoms with Crippen LogP contribution < -0.4 is 14.2 Å². The van der Waals surface area contributed by atoms with Gasteiger partial charge in [-0.25, -0.2) is 0 Å². The maximum Gasteiger partial charge on any atom is 0.161 e. The van der Waals surface area contributed by atoms with Crippen molar-refractivity contribution in [2.45, 2.75) is 19.2 Å². The van der Waals surface area contributed by atoms with Gasteiger partial charge in [-0.3, -0.25) is 9.69 Å². The van der Waals surface area contributed by atoms with Crippen LogP contribution in [0.2, 0.25) is 0 Å². The molecular weight excluding hydrogens is 398 g/mol. The molecule has 1 unspecified atom stereocenters. The molecule has 0 fully saturated rings. The molecule has 0 radical (unpaired) electrons. The summed E-state index contributed by atoms with van der Waals surface area (Å²) < 4.78 is 21.9. The van der Waals surface area contributed by atoms with Gasteiger partial charge in [0.25, 0.3) is 0 Å². The molecule has 1 N–H and O–H groups in total. The molecule has 1 atom stereocenters. The molecule has 0 aliphatic rings. The number of aliphatic hydroxyl groups is 1. The lowest BCUT2D eigenvalue weighted by atomic mass is 10.1. The van der Waals surface area contributed by atoms with Crippen LogP contribution in [0.3, 0.4) is 0 Å². The molecule has 164 valence electrons. The van der Waals surface area contributed by atoms with Gasteiger partial charge in [0.2, 0.25) is 0 Å². The number of carbonyl (C=O) groups excluding carboxylic acids is 1. The van der Waals surface area contributed by atoms with Gasteiger partial charge in [-0.15, -0.1) is 0 Å². The van der Waals surface area contributed by atoms with Crippen molar-refractivity contribution < 1.29 is 28.5 Å². The van der Waals surface area contributed by atoms with E-state index in [1.54, 1.807) is 44.7 Å². The fraction of sp³-hybridized carbons (Fsp3) is 0.292. The number of carbonyl (C=O) groups is 1. The lowest BCUT2D eigenvalue weighted by Gasteiger charge is -2.25. The maximum atomic E-state index is 10.9. The Labute approximate surface area is 181 Å². The highest BCUT2D eigenvalue weighted by Gasteiger charge is 2.16. The van der Waals surface area contributed by atoms with Crippen LogP contribution in [0.4, 0.5) is 0 Å². The first-order valence-corrected chi connectivity index (χ1v) is 9.93. The fourth-order valence-corrected chi connectivity index (χ4v) is 3.27. The van der Waals surface area contributed by atoms with Gasteiger partial charge in [0, 0.05) is 18.7 Å². The van der Waals surface area contributed by atoms with E-state index < -0.39 is 6.10 Å². The average molecular weight is 425 g/mol. The first-order chi connectivity index (χ1) is 15.1. The van der Waals surface area contributed by atoms with Gasteiger partial charge >= 0.3 is 0 Å². The molecule has 0 bridgehead atoms. The van der Waals surface area contributed by atoms with E-state index in [0.717, 1.165) is 17.6 Å². The van der Waals surface area contributed by atoms with Gasteiger partial charge in [0.15, 0.2) is 11.5 Å². The first kappa shape index (κ1) is 22.4. The van der Waals surface area contributed by atoms with Crippen molar-refractivity contribution in [3.8, 4) is 17.2 Å². The van der Waals surface area contributed by atoms with Crippen LogP contribution in [0.15, 0.2) is 65.3 Å². The van der Waals surface area contributed by atoms with E-state index in [4.69, 9.17) is 18.6 Å². The molecule has 1 heterocycles. The second-order valence-electron chi connectivity index (χ2n) is 7.09. The molecular formula is C24H27NO6. The van der Waals surface area contributed by atoms with Crippen LogP contribution in [0, 0.1) is 0 Å². The van der Waals surface area contributed by atoms with E-state index in [2.05, 4.69) is 4.90 Å². The zero-order valence-electron chi connectivity index (χ0n) is 17.7. The summed E-state index contributed by atoms with van der Waals surface area (Å²) in [5.41, 5.74) is 1.54. The normalized spacial score (nSPS) is 11.9. The zero-order valence-corrected chi connectivity index (χ0v) is 17.7. The number of nitrogens with zero attached hydrogens (tertiary/aromatic N) is 1. The summed E-state index contributed by atoms with van der Waals surface area (Å²) in [6, 6.07) is 16.3. The minimum atomic E-state index is -0.741. The number of aldehydes is 1. The largest absolute Gasteiger partial charge is 0.493 e. The summed E-state index contributed by atoms with van der Waals surface area (Å²) in [5, 5.41) is 10.6. The number of rotatable bonds is 12. The number of aliphatic hydroxyl groups excluding tert-OH is 1. The van der Waals surface area contributed by atoms with Crippen molar-refractivity contribution >= 4 is 6.29 Å². The molecule has 1 aromatic heterocycles. The Morgan fingerprint density at radius 2 is 1.87 bits per heavy atom. The van der Waals surface area contributed by atoms with Crippen LogP contribution in [-0.4, -0.2) is 49.8 Å². The van der Waals surface area contributed by atoms with Crippen LogP contribution in [0.25, 0.3) is 0 Å². The summed E-state index contributed by atoms with van der Waals surface area (Å²) in [6.07, 6.45) is 1.65. The molecule has 0 aliphatic heterocycles. The summed E-state index contributed by atoms with van der Waals surface area (Å²) in [7, 11) is 3.20. The Morgan fingerprint density at radius 3 is 2.58 bits per heavy atom. The van der Waals surface area contributed by atoms with Crippen molar-refractivity contribution in [1.29, 1.82) is 0 Å². The van der Waals surface area contributed by atoms with E-state index >= 15 is 0 Å². The number of benzene rings is 2. The van der Waals surface area contributed by atoms with Gasteiger partial charge < -0.3 is 23.7 Å². The lowest BCUT2D eigenvalue weighted by molar-refractivity contribution is 0.0604.